The molecule has 0 radical (unpaired) electrons. The van der Waals surface area contributed by atoms with Crippen molar-refractivity contribution >= 4 is 39.7 Å². The maximum Gasteiger partial charge on any atom is 0.226 e. The van der Waals surface area contributed by atoms with Crippen LogP contribution in [0.25, 0.3) is 16.5 Å². The molecule has 1 saturated heterocycles. The molecule has 6 rings (SSSR count). The summed E-state index contributed by atoms with van der Waals surface area (Å²) in [7, 11) is 1.68. The van der Waals surface area contributed by atoms with E-state index in [0.29, 0.717) is 11.7 Å². The number of nitrogens with zero attached hydrogens (tertiary/aromatic N) is 3. The molecular formula is C34H33N5O2S. The summed E-state index contributed by atoms with van der Waals surface area (Å²) < 4.78 is 7.73. The van der Waals surface area contributed by atoms with Gasteiger partial charge in [0.25, 0.3) is 0 Å². The minimum absolute atomic E-state index is 0.0592. The highest BCUT2D eigenvalue weighted by Crippen LogP contribution is 2.41. The number of hydrogen-bond acceptors (Lipinski definition) is 4. The van der Waals surface area contributed by atoms with E-state index < -0.39 is 0 Å². The molecule has 3 aromatic carbocycles. The first kappa shape index (κ1) is 27.5. The van der Waals surface area contributed by atoms with Gasteiger partial charge in [0.1, 0.15) is 5.75 Å². The molecule has 2 aromatic heterocycles. The first-order valence-corrected chi connectivity index (χ1v) is 14.4. The van der Waals surface area contributed by atoms with E-state index in [9.17, 15) is 4.79 Å². The molecule has 5 aromatic rings. The molecule has 2 N–H and O–H groups in total. The van der Waals surface area contributed by atoms with Gasteiger partial charge in [-0.05, 0) is 73.4 Å². The zero-order chi connectivity index (χ0) is 29.2. The molecule has 1 amide bonds. The second-order valence-electron chi connectivity index (χ2n) is 10.5. The van der Waals surface area contributed by atoms with Gasteiger partial charge in [-0.2, -0.15) is 0 Å². The summed E-state index contributed by atoms with van der Waals surface area (Å²) in [4.78, 5) is 20.1. The topological polar surface area (TPSA) is 71.4 Å². The second-order valence-corrected chi connectivity index (χ2v) is 10.9. The normalized spacial score (nSPS) is 16.5. The Morgan fingerprint density at radius 3 is 2.60 bits per heavy atom. The predicted molar refractivity (Wildman–Crippen MR) is 171 cm³/mol. The predicted octanol–water partition coefficient (Wildman–Crippen LogP) is 6.65. The number of methoxy groups -OCH3 is 1. The molecule has 2 atom stereocenters. The van der Waals surface area contributed by atoms with Gasteiger partial charge in [0.2, 0.25) is 5.91 Å². The lowest BCUT2D eigenvalue weighted by Crippen LogP contribution is -2.33. The molecule has 0 unspecified atom stereocenters. The van der Waals surface area contributed by atoms with Crippen LogP contribution in [-0.4, -0.2) is 39.1 Å². The number of anilines is 1. The zero-order valence-corrected chi connectivity index (χ0v) is 24.7. The highest BCUT2D eigenvalue weighted by Gasteiger charge is 2.41. The minimum Gasteiger partial charge on any atom is -0.497 e. The van der Waals surface area contributed by atoms with Gasteiger partial charge in [-0.15, -0.1) is 0 Å². The van der Waals surface area contributed by atoms with E-state index in [4.69, 9.17) is 17.0 Å². The van der Waals surface area contributed by atoms with Gasteiger partial charge in [-0.25, -0.2) is 0 Å². The van der Waals surface area contributed by atoms with E-state index in [0.717, 1.165) is 50.5 Å². The van der Waals surface area contributed by atoms with E-state index in [1.54, 1.807) is 13.3 Å². The molecule has 0 bridgehead atoms. The highest BCUT2D eigenvalue weighted by molar-refractivity contribution is 7.80. The van der Waals surface area contributed by atoms with Crippen molar-refractivity contribution in [2.24, 2.45) is 0 Å². The highest BCUT2D eigenvalue weighted by atomic mass is 32.1. The van der Waals surface area contributed by atoms with Gasteiger partial charge in [-0.3, -0.25) is 9.78 Å². The molecule has 1 aliphatic rings. The van der Waals surface area contributed by atoms with E-state index in [2.05, 4.69) is 51.1 Å². The monoisotopic (exact) mass is 575 g/mol. The Balaban J connectivity index is 1.31. The Kier molecular flexibility index (Phi) is 7.63. The van der Waals surface area contributed by atoms with Crippen molar-refractivity contribution in [3.8, 4) is 11.4 Å². The van der Waals surface area contributed by atoms with Crippen LogP contribution in [0, 0.1) is 13.8 Å². The van der Waals surface area contributed by atoms with E-state index in [-0.39, 0.29) is 24.4 Å². The maximum atomic E-state index is 13.3. The third-order valence-corrected chi connectivity index (χ3v) is 8.29. The maximum absolute atomic E-state index is 13.3. The zero-order valence-electron chi connectivity index (χ0n) is 23.9. The van der Waals surface area contributed by atoms with Gasteiger partial charge in [0.05, 0.1) is 24.9 Å². The number of aryl methyl sites for hydroxylation is 1. The van der Waals surface area contributed by atoms with Gasteiger partial charge < -0.3 is 24.8 Å². The number of benzene rings is 3. The number of amides is 1. The number of carbonyl (C=O) groups is 1. The molecule has 0 spiro atoms. The third-order valence-electron chi connectivity index (χ3n) is 7.94. The molecular weight excluding hydrogens is 542 g/mol. The fraction of sp³-hybridized carbons (Fsp3) is 0.206. The number of ether oxygens (including phenoxy) is 1. The number of thiocarbonyl (C=S) groups is 1. The standard InChI is InChI=1S/C34H33N5O2S/c1-22-20-28(23(2)39(22)25-12-9-13-26(21-25)41-3)33-32(30-15-6-7-18-35-30)37-34(42)38(33)19-17-31(40)36-29-16-8-11-24-10-4-5-14-27(24)29/h4-16,18,20-21,32-33H,17,19H2,1-3H3,(H,36,40)(H,37,42)/t32-,33+/m1/s1. The number of fused-ring (bicyclic) bond motifs is 1. The lowest BCUT2D eigenvalue weighted by Gasteiger charge is -2.28. The van der Waals surface area contributed by atoms with Crippen molar-refractivity contribution in [2.75, 3.05) is 19.0 Å². The van der Waals surface area contributed by atoms with Crippen LogP contribution >= 0.6 is 12.2 Å². The van der Waals surface area contributed by atoms with E-state index >= 15 is 0 Å². The fourth-order valence-electron chi connectivity index (χ4n) is 5.99. The van der Waals surface area contributed by atoms with Crippen LogP contribution in [-0.2, 0) is 4.79 Å². The van der Waals surface area contributed by atoms with Crippen molar-refractivity contribution < 1.29 is 9.53 Å². The quantitative estimate of drug-likeness (QED) is 0.202. The molecule has 7 nitrogen and oxygen atoms in total. The van der Waals surface area contributed by atoms with E-state index in [1.165, 1.54) is 0 Å². The molecule has 1 aliphatic heterocycles. The van der Waals surface area contributed by atoms with Crippen molar-refractivity contribution in [1.29, 1.82) is 0 Å². The van der Waals surface area contributed by atoms with Crippen LogP contribution in [0.15, 0.2) is 97.2 Å². The summed E-state index contributed by atoms with van der Waals surface area (Å²) in [6.45, 7) is 4.69. The Morgan fingerprint density at radius 1 is 1.00 bits per heavy atom. The van der Waals surface area contributed by atoms with Crippen LogP contribution in [0.5, 0.6) is 5.75 Å². The summed E-state index contributed by atoms with van der Waals surface area (Å²) in [5.41, 5.74) is 6.07. The number of hydrogen-bond donors (Lipinski definition) is 2. The summed E-state index contributed by atoms with van der Waals surface area (Å²) in [5.74, 6) is 0.742. The number of rotatable bonds is 8. The molecule has 1 fully saturated rings. The van der Waals surface area contributed by atoms with Gasteiger partial charge in [0.15, 0.2) is 5.11 Å². The third kappa shape index (κ3) is 5.21. The second kappa shape index (κ2) is 11.7. The van der Waals surface area contributed by atoms with Crippen molar-refractivity contribution in [3.63, 3.8) is 0 Å². The number of aromatic nitrogens is 2. The van der Waals surface area contributed by atoms with Gasteiger partial charge >= 0.3 is 0 Å². The average Bonchev–Trinajstić information content (AvgIpc) is 3.50. The SMILES string of the molecule is COc1cccc(-n2c(C)cc([C@H]3[C@@H](c4ccccn4)NC(=S)N3CCC(=O)Nc3cccc4ccccc34)c2C)c1. The smallest absolute Gasteiger partial charge is 0.226 e. The lowest BCUT2D eigenvalue weighted by molar-refractivity contribution is -0.116. The van der Waals surface area contributed by atoms with Crippen molar-refractivity contribution in [1.82, 2.24) is 19.8 Å². The Bertz CT molecular complexity index is 1760. The lowest BCUT2D eigenvalue weighted by atomic mass is 9.96. The molecule has 8 heteroatoms. The number of pyridine rings is 1. The summed E-state index contributed by atoms with van der Waals surface area (Å²) in [5, 5.41) is 9.35. The molecule has 212 valence electrons. The minimum atomic E-state index is -0.168. The molecule has 3 heterocycles. The van der Waals surface area contributed by atoms with Crippen LogP contribution < -0.4 is 15.4 Å². The molecule has 0 aliphatic carbocycles. The van der Waals surface area contributed by atoms with Crippen LogP contribution in [0.1, 0.15) is 41.1 Å². The van der Waals surface area contributed by atoms with Crippen LogP contribution in [0.4, 0.5) is 5.69 Å². The van der Waals surface area contributed by atoms with Crippen LogP contribution in [0.2, 0.25) is 0 Å². The molecule has 42 heavy (non-hydrogen) atoms. The van der Waals surface area contributed by atoms with Gasteiger partial charge in [-0.1, -0.05) is 48.5 Å². The summed E-state index contributed by atoms with van der Waals surface area (Å²) in [6, 6.07) is 29.9. The Hall–Kier alpha value is -4.69. The largest absolute Gasteiger partial charge is 0.497 e. The Labute approximate surface area is 251 Å². The van der Waals surface area contributed by atoms with Gasteiger partial charge in [0, 0.05) is 53.4 Å². The van der Waals surface area contributed by atoms with Crippen LogP contribution in [0.3, 0.4) is 0 Å². The van der Waals surface area contributed by atoms with Crippen molar-refractivity contribution in [2.45, 2.75) is 32.4 Å². The summed E-state index contributed by atoms with van der Waals surface area (Å²) >= 11 is 5.88. The summed E-state index contributed by atoms with van der Waals surface area (Å²) in [6.07, 6.45) is 2.09. The number of nitrogens with one attached hydrogen (secondary N) is 2. The Morgan fingerprint density at radius 2 is 1.79 bits per heavy atom. The fourth-order valence-corrected chi connectivity index (χ4v) is 6.32. The average molecular weight is 576 g/mol. The molecule has 0 saturated carbocycles. The van der Waals surface area contributed by atoms with Crippen molar-refractivity contribution in [3.05, 3.63) is 120 Å². The first-order valence-electron chi connectivity index (χ1n) is 14.0. The first-order chi connectivity index (χ1) is 20.4. The van der Waals surface area contributed by atoms with E-state index in [1.807, 2.05) is 78.9 Å². The number of carbonyl (C=O) groups excluding carboxylic acids is 1.